The number of carbonyl (C=O) groups excluding carboxylic acids is 1. The van der Waals surface area contributed by atoms with Gasteiger partial charge in [0.2, 0.25) is 0 Å². The van der Waals surface area contributed by atoms with E-state index in [0.717, 1.165) is 0 Å². The van der Waals surface area contributed by atoms with Crippen molar-refractivity contribution in [1.29, 1.82) is 0 Å². The number of rotatable bonds is 4. The first-order valence-electron chi connectivity index (χ1n) is 4.54. The van der Waals surface area contributed by atoms with Gasteiger partial charge in [-0.15, -0.1) is 11.3 Å². The largest absolute Gasteiger partial charge is 0.480 e. The van der Waals surface area contributed by atoms with Gasteiger partial charge in [0.05, 0.1) is 11.1 Å². The number of carboxylic acids is 1. The van der Waals surface area contributed by atoms with E-state index in [2.05, 4.69) is 0 Å². The maximum Gasteiger partial charge on any atom is 0.322 e. The number of ketones is 1. The Kier molecular flexibility index (Phi) is 2.87. The fourth-order valence-electron chi connectivity index (χ4n) is 1.38. The Morgan fingerprint density at radius 3 is 2.62 bits per heavy atom. The number of carbonyl (C=O) groups is 2. The maximum absolute atomic E-state index is 11.9. The van der Waals surface area contributed by atoms with Gasteiger partial charge in [-0.2, -0.15) is 0 Å². The molecule has 0 saturated heterocycles. The Morgan fingerprint density at radius 1 is 1.31 bits per heavy atom. The monoisotopic (exact) mass is 236 g/mol. The third kappa shape index (κ3) is 1.90. The molecule has 16 heavy (non-hydrogen) atoms. The van der Waals surface area contributed by atoms with Crippen molar-refractivity contribution in [2.45, 2.75) is 5.92 Å². The van der Waals surface area contributed by atoms with Crippen LogP contribution in [0.4, 0.5) is 0 Å². The van der Waals surface area contributed by atoms with E-state index in [-0.39, 0.29) is 5.76 Å². The van der Waals surface area contributed by atoms with E-state index in [4.69, 9.17) is 9.52 Å². The first-order chi connectivity index (χ1) is 7.70. The smallest absolute Gasteiger partial charge is 0.322 e. The molecule has 2 aromatic rings. The van der Waals surface area contributed by atoms with Crippen LogP contribution in [0.25, 0.3) is 0 Å². The molecule has 5 heteroatoms. The Hall–Kier alpha value is -1.88. The van der Waals surface area contributed by atoms with Crippen molar-refractivity contribution in [2.24, 2.45) is 0 Å². The molecule has 4 nitrogen and oxygen atoms in total. The summed E-state index contributed by atoms with van der Waals surface area (Å²) in [6, 6.07) is 6.36. The highest BCUT2D eigenvalue weighted by atomic mass is 32.1. The van der Waals surface area contributed by atoms with Crippen LogP contribution in [0.15, 0.2) is 40.3 Å². The van der Waals surface area contributed by atoms with Crippen molar-refractivity contribution in [3.8, 4) is 0 Å². The van der Waals surface area contributed by atoms with E-state index in [1.807, 2.05) is 0 Å². The van der Waals surface area contributed by atoms with Gasteiger partial charge in [-0.3, -0.25) is 9.59 Å². The van der Waals surface area contributed by atoms with E-state index < -0.39 is 17.7 Å². The Labute approximate surface area is 95.1 Å². The number of aliphatic carboxylic acids is 1. The number of Topliss-reactive ketones (excluding diaryl/α,β-unsaturated/α-hetero) is 1. The molecule has 82 valence electrons. The summed E-state index contributed by atoms with van der Waals surface area (Å²) in [6.07, 6.45) is 1.35. The van der Waals surface area contributed by atoms with E-state index >= 15 is 0 Å². The average molecular weight is 236 g/mol. The molecular weight excluding hydrogens is 228 g/mol. The Balaban J connectivity index is 2.35. The predicted molar refractivity (Wildman–Crippen MR) is 57.7 cm³/mol. The molecule has 1 atom stereocenters. The van der Waals surface area contributed by atoms with Crippen molar-refractivity contribution < 1.29 is 19.1 Å². The molecule has 0 fully saturated rings. The number of furan rings is 1. The summed E-state index contributed by atoms with van der Waals surface area (Å²) in [5, 5.41) is 10.8. The lowest BCUT2D eigenvalue weighted by Gasteiger charge is -2.06. The molecule has 0 aliphatic carbocycles. The van der Waals surface area contributed by atoms with Crippen LogP contribution in [-0.2, 0) is 4.79 Å². The van der Waals surface area contributed by atoms with Gasteiger partial charge in [0.25, 0.3) is 0 Å². The van der Waals surface area contributed by atoms with E-state index in [1.54, 1.807) is 23.6 Å². The van der Waals surface area contributed by atoms with Crippen LogP contribution in [0.1, 0.15) is 21.3 Å². The van der Waals surface area contributed by atoms with Gasteiger partial charge in [0, 0.05) is 0 Å². The standard InChI is InChI=1S/C11H8O4S/c12-10(8-4-2-6-16-8)9(11(13)14)7-3-1-5-15-7/h1-6,9H,(H,13,14). The molecule has 0 amide bonds. The fourth-order valence-corrected chi connectivity index (χ4v) is 2.07. The lowest BCUT2D eigenvalue weighted by atomic mass is 10.0. The molecule has 2 rings (SSSR count). The molecule has 1 N–H and O–H groups in total. The molecule has 0 aliphatic rings. The van der Waals surface area contributed by atoms with Crippen molar-refractivity contribution in [3.05, 3.63) is 46.5 Å². The summed E-state index contributed by atoms with van der Waals surface area (Å²) in [4.78, 5) is 23.4. The zero-order valence-corrected chi connectivity index (χ0v) is 8.94. The molecular formula is C11H8O4S. The number of carboxylic acid groups (broad SMARTS) is 1. The minimum absolute atomic E-state index is 0.158. The third-order valence-electron chi connectivity index (χ3n) is 2.10. The van der Waals surface area contributed by atoms with Crippen LogP contribution >= 0.6 is 11.3 Å². The number of hydrogen-bond donors (Lipinski definition) is 1. The van der Waals surface area contributed by atoms with Gasteiger partial charge in [-0.25, -0.2) is 0 Å². The molecule has 1 unspecified atom stereocenters. The highest BCUT2D eigenvalue weighted by Crippen LogP contribution is 2.24. The van der Waals surface area contributed by atoms with E-state index in [1.165, 1.54) is 23.7 Å². The minimum atomic E-state index is -1.26. The highest BCUT2D eigenvalue weighted by molar-refractivity contribution is 7.12. The van der Waals surface area contributed by atoms with Gasteiger partial charge in [-0.05, 0) is 23.6 Å². The lowest BCUT2D eigenvalue weighted by Crippen LogP contribution is -2.20. The zero-order valence-electron chi connectivity index (χ0n) is 8.12. The molecule has 2 heterocycles. The van der Waals surface area contributed by atoms with Gasteiger partial charge in [0.1, 0.15) is 5.76 Å². The van der Waals surface area contributed by atoms with Crippen molar-refractivity contribution >= 4 is 23.1 Å². The Morgan fingerprint density at radius 2 is 2.12 bits per heavy atom. The number of hydrogen-bond acceptors (Lipinski definition) is 4. The third-order valence-corrected chi connectivity index (χ3v) is 2.99. The topological polar surface area (TPSA) is 67.5 Å². The molecule has 0 saturated carbocycles. The van der Waals surface area contributed by atoms with Gasteiger partial charge in [0.15, 0.2) is 11.7 Å². The van der Waals surface area contributed by atoms with Crippen LogP contribution < -0.4 is 0 Å². The summed E-state index contributed by atoms with van der Waals surface area (Å²) in [5.74, 6) is -2.75. The van der Waals surface area contributed by atoms with E-state index in [0.29, 0.717) is 4.88 Å². The van der Waals surface area contributed by atoms with Crippen LogP contribution in [0.5, 0.6) is 0 Å². The van der Waals surface area contributed by atoms with Crippen molar-refractivity contribution in [2.75, 3.05) is 0 Å². The zero-order chi connectivity index (χ0) is 11.5. The molecule has 2 aromatic heterocycles. The first-order valence-corrected chi connectivity index (χ1v) is 5.42. The van der Waals surface area contributed by atoms with Crippen LogP contribution in [0.3, 0.4) is 0 Å². The first kappa shape index (κ1) is 10.6. The summed E-state index contributed by atoms with van der Waals surface area (Å²) in [6.45, 7) is 0. The normalized spacial score (nSPS) is 12.2. The second-order valence-corrected chi connectivity index (χ2v) is 4.08. The molecule has 0 aromatic carbocycles. The summed E-state index contributed by atoms with van der Waals surface area (Å²) < 4.78 is 4.98. The number of thiophene rings is 1. The molecule has 0 radical (unpaired) electrons. The quantitative estimate of drug-likeness (QED) is 0.653. The fraction of sp³-hybridized carbons (Fsp3) is 0.0909. The Bertz CT molecular complexity index is 484. The van der Waals surface area contributed by atoms with Crippen LogP contribution in [-0.4, -0.2) is 16.9 Å². The van der Waals surface area contributed by atoms with Gasteiger partial charge in [-0.1, -0.05) is 6.07 Å². The lowest BCUT2D eigenvalue weighted by molar-refractivity contribution is -0.137. The van der Waals surface area contributed by atoms with Crippen LogP contribution in [0.2, 0.25) is 0 Å². The molecule has 0 spiro atoms. The summed E-state index contributed by atoms with van der Waals surface area (Å²) in [5.41, 5.74) is 0. The predicted octanol–water partition coefficient (Wildman–Crippen LogP) is 2.39. The average Bonchev–Trinajstić information content (AvgIpc) is 2.89. The minimum Gasteiger partial charge on any atom is -0.480 e. The summed E-state index contributed by atoms with van der Waals surface area (Å²) >= 11 is 1.22. The maximum atomic E-state index is 11.9. The van der Waals surface area contributed by atoms with Gasteiger partial charge >= 0.3 is 5.97 Å². The highest BCUT2D eigenvalue weighted by Gasteiger charge is 2.31. The second kappa shape index (κ2) is 4.32. The van der Waals surface area contributed by atoms with Crippen molar-refractivity contribution in [3.63, 3.8) is 0 Å². The van der Waals surface area contributed by atoms with E-state index in [9.17, 15) is 9.59 Å². The van der Waals surface area contributed by atoms with Gasteiger partial charge < -0.3 is 9.52 Å². The van der Waals surface area contributed by atoms with Crippen molar-refractivity contribution in [1.82, 2.24) is 0 Å². The summed E-state index contributed by atoms with van der Waals surface area (Å²) in [7, 11) is 0. The molecule has 0 aliphatic heterocycles. The second-order valence-electron chi connectivity index (χ2n) is 3.13. The van der Waals surface area contributed by atoms with Crippen LogP contribution in [0, 0.1) is 0 Å². The molecule has 0 bridgehead atoms. The SMILES string of the molecule is O=C(O)C(C(=O)c1cccs1)c1ccco1.